The van der Waals surface area contributed by atoms with E-state index in [-0.39, 0.29) is 11.9 Å². The summed E-state index contributed by atoms with van der Waals surface area (Å²) >= 11 is 6.08. The van der Waals surface area contributed by atoms with Crippen LogP contribution in [0.15, 0.2) is 60.9 Å². The van der Waals surface area contributed by atoms with Crippen LogP contribution in [0.3, 0.4) is 0 Å². The molecule has 0 aliphatic rings. The second-order valence-electron chi connectivity index (χ2n) is 5.99. The lowest BCUT2D eigenvalue weighted by atomic mass is 10.1. The Morgan fingerprint density at radius 3 is 2.42 bits per heavy atom. The standard InChI is InChI=1S/C20H19ClN4O/c1-13-8-9-17(10-18(13)21)25-19(26)16-11-22-20(23-12-16)24-14(2)15-6-4-3-5-7-15/h3-12,14H,1-2H3,(H,25,26)(H,22,23,24). The van der Waals surface area contributed by atoms with E-state index >= 15 is 0 Å². The topological polar surface area (TPSA) is 66.9 Å². The van der Waals surface area contributed by atoms with E-state index < -0.39 is 0 Å². The van der Waals surface area contributed by atoms with Crippen molar-refractivity contribution in [2.24, 2.45) is 0 Å². The van der Waals surface area contributed by atoms with Crippen molar-refractivity contribution in [2.45, 2.75) is 19.9 Å². The number of amides is 1. The number of anilines is 2. The van der Waals surface area contributed by atoms with E-state index in [0.717, 1.165) is 11.1 Å². The molecule has 1 aromatic heterocycles. The smallest absolute Gasteiger partial charge is 0.258 e. The minimum atomic E-state index is -0.285. The zero-order valence-corrected chi connectivity index (χ0v) is 15.3. The van der Waals surface area contributed by atoms with Crippen LogP contribution >= 0.6 is 11.6 Å². The second-order valence-corrected chi connectivity index (χ2v) is 6.40. The molecule has 1 unspecified atom stereocenters. The van der Waals surface area contributed by atoms with Gasteiger partial charge in [-0.05, 0) is 37.1 Å². The summed E-state index contributed by atoms with van der Waals surface area (Å²) in [6.07, 6.45) is 3.00. The van der Waals surface area contributed by atoms with Crippen LogP contribution in [0.2, 0.25) is 5.02 Å². The molecule has 2 aromatic carbocycles. The molecule has 0 aliphatic heterocycles. The fourth-order valence-electron chi connectivity index (χ4n) is 2.41. The lowest BCUT2D eigenvalue weighted by Gasteiger charge is -2.14. The van der Waals surface area contributed by atoms with Crippen LogP contribution in [0.5, 0.6) is 0 Å². The predicted octanol–water partition coefficient (Wildman–Crippen LogP) is 4.86. The van der Waals surface area contributed by atoms with Gasteiger partial charge in [-0.2, -0.15) is 0 Å². The lowest BCUT2D eigenvalue weighted by Crippen LogP contribution is -2.14. The molecule has 0 aliphatic carbocycles. The number of hydrogen-bond donors (Lipinski definition) is 2. The SMILES string of the molecule is Cc1ccc(NC(=O)c2cnc(NC(C)c3ccccc3)nc2)cc1Cl. The maximum absolute atomic E-state index is 12.3. The Morgan fingerprint density at radius 1 is 1.08 bits per heavy atom. The number of benzene rings is 2. The average molecular weight is 367 g/mol. The molecule has 0 saturated carbocycles. The van der Waals surface area contributed by atoms with Crippen molar-refractivity contribution < 1.29 is 4.79 Å². The summed E-state index contributed by atoms with van der Waals surface area (Å²) < 4.78 is 0. The minimum Gasteiger partial charge on any atom is -0.348 e. The van der Waals surface area contributed by atoms with Crippen LogP contribution in [0.4, 0.5) is 11.6 Å². The molecular formula is C20H19ClN4O. The number of hydrogen-bond acceptors (Lipinski definition) is 4. The Morgan fingerprint density at radius 2 is 1.77 bits per heavy atom. The Balaban J connectivity index is 1.65. The zero-order chi connectivity index (χ0) is 18.5. The van der Waals surface area contributed by atoms with Gasteiger partial charge in [0, 0.05) is 23.1 Å². The fourth-order valence-corrected chi connectivity index (χ4v) is 2.59. The second kappa shape index (κ2) is 7.97. The third kappa shape index (κ3) is 4.37. The van der Waals surface area contributed by atoms with Crippen LogP contribution in [-0.4, -0.2) is 15.9 Å². The first-order valence-corrected chi connectivity index (χ1v) is 8.62. The Bertz CT molecular complexity index is 897. The summed E-state index contributed by atoms with van der Waals surface area (Å²) in [5.41, 5.74) is 3.09. The highest BCUT2D eigenvalue weighted by Gasteiger charge is 2.10. The highest BCUT2D eigenvalue weighted by atomic mass is 35.5. The number of rotatable bonds is 5. The molecule has 2 N–H and O–H groups in total. The molecule has 3 aromatic rings. The number of aryl methyl sites for hydroxylation is 1. The van der Waals surface area contributed by atoms with Crippen molar-refractivity contribution in [3.8, 4) is 0 Å². The van der Waals surface area contributed by atoms with Crippen molar-refractivity contribution in [1.29, 1.82) is 0 Å². The summed E-state index contributed by atoms with van der Waals surface area (Å²) in [5, 5.41) is 6.61. The van der Waals surface area contributed by atoms with Gasteiger partial charge in [0.05, 0.1) is 11.6 Å². The molecule has 0 saturated heterocycles. The maximum atomic E-state index is 12.3. The first-order valence-electron chi connectivity index (χ1n) is 8.24. The normalized spacial score (nSPS) is 11.7. The number of aromatic nitrogens is 2. The van der Waals surface area contributed by atoms with Crippen molar-refractivity contribution in [1.82, 2.24) is 9.97 Å². The molecule has 1 heterocycles. The minimum absolute atomic E-state index is 0.0607. The van der Waals surface area contributed by atoms with E-state index in [1.54, 1.807) is 12.1 Å². The Labute approximate surface area is 157 Å². The van der Waals surface area contributed by atoms with Gasteiger partial charge in [0.1, 0.15) is 0 Å². The molecule has 0 fully saturated rings. The van der Waals surface area contributed by atoms with Crippen LogP contribution in [0.1, 0.15) is 34.5 Å². The Kier molecular flexibility index (Phi) is 5.49. The van der Waals surface area contributed by atoms with E-state index in [9.17, 15) is 4.79 Å². The van der Waals surface area contributed by atoms with Crippen LogP contribution in [0, 0.1) is 6.92 Å². The summed E-state index contributed by atoms with van der Waals surface area (Å²) in [5.74, 6) is 0.184. The summed E-state index contributed by atoms with van der Waals surface area (Å²) in [4.78, 5) is 20.8. The average Bonchev–Trinajstić information content (AvgIpc) is 2.66. The molecule has 5 nitrogen and oxygen atoms in total. The van der Waals surface area contributed by atoms with Crippen molar-refractivity contribution in [3.63, 3.8) is 0 Å². The van der Waals surface area contributed by atoms with Gasteiger partial charge in [0.2, 0.25) is 5.95 Å². The Hall–Kier alpha value is -2.92. The maximum Gasteiger partial charge on any atom is 0.258 e. The third-order valence-corrected chi connectivity index (χ3v) is 4.40. The van der Waals surface area contributed by atoms with Gasteiger partial charge < -0.3 is 10.6 Å². The largest absolute Gasteiger partial charge is 0.348 e. The molecule has 132 valence electrons. The molecule has 0 spiro atoms. The number of halogens is 1. The van der Waals surface area contributed by atoms with Crippen molar-refractivity contribution >= 4 is 29.1 Å². The van der Waals surface area contributed by atoms with E-state index in [0.29, 0.717) is 22.2 Å². The lowest BCUT2D eigenvalue weighted by molar-refractivity contribution is 0.102. The molecule has 1 atom stereocenters. The van der Waals surface area contributed by atoms with Crippen molar-refractivity contribution in [2.75, 3.05) is 10.6 Å². The number of carbonyl (C=O) groups excluding carboxylic acids is 1. The van der Waals surface area contributed by atoms with E-state index in [1.807, 2.05) is 50.2 Å². The van der Waals surface area contributed by atoms with E-state index in [4.69, 9.17) is 11.6 Å². The highest BCUT2D eigenvalue weighted by molar-refractivity contribution is 6.31. The molecule has 6 heteroatoms. The van der Waals surface area contributed by atoms with Gasteiger partial charge in [-0.15, -0.1) is 0 Å². The number of nitrogens with zero attached hydrogens (tertiary/aromatic N) is 2. The monoisotopic (exact) mass is 366 g/mol. The van der Waals surface area contributed by atoms with Crippen molar-refractivity contribution in [3.05, 3.63) is 82.6 Å². The summed E-state index contributed by atoms with van der Waals surface area (Å²) in [6, 6.07) is 15.4. The van der Waals surface area contributed by atoms with Crippen LogP contribution in [-0.2, 0) is 0 Å². The van der Waals surface area contributed by atoms with Crippen LogP contribution < -0.4 is 10.6 Å². The molecule has 26 heavy (non-hydrogen) atoms. The third-order valence-electron chi connectivity index (χ3n) is 3.99. The van der Waals surface area contributed by atoms with Gasteiger partial charge in [-0.25, -0.2) is 9.97 Å². The van der Waals surface area contributed by atoms with Crippen LogP contribution in [0.25, 0.3) is 0 Å². The van der Waals surface area contributed by atoms with Gasteiger partial charge >= 0.3 is 0 Å². The first kappa shape index (κ1) is 17.9. The zero-order valence-electron chi connectivity index (χ0n) is 14.5. The molecule has 0 bridgehead atoms. The summed E-state index contributed by atoms with van der Waals surface area (Å²) in [6.45, 7) is 3.93. The number of nitrogens with one attached hydrogen (secondary N) is 2. The van der Waals surface area contributed by atoms with Gasteiger partial charge in [0.25, 0.3) is 5.91 Å². The molecule has 3 rings (SSSR count). The first-order chi connectivity index (χ1) is 12.5. The quantitative estimate of drug-likeness (QED) is 0.676. The fraction of sp³-hybridized carbons (Fsp3) is 0.150. The molecule has 1 amide bonds. The van der Waals surface area contributed by atoms with Gasteiger partial charge in [0.15, 0.2) is 0 Å². The summed E-state index contributed by atoms with van der Waals surface area (Å²) in [7, 11) is 0. The highest BCUT2D eigenvalue weighted by Crippen LogP contribution is 2.20. The molecular weight excluding hydrogens is 348 g/mol. The van der Waals surface area contributed by atoms with E-state index in [1.165, 1.54) is 12.4 Å². The van der Waals surface area contributed by atoms with Gasteiger partial charge in [-0.3, -0.25) is 4.79 Å². The van der Waals surface area contributed by atoms with Gasteiger partial charge in [-0.1, -0.05) is 48.0 Å². The van der Waals surface area contributed by atoms with E-state index in [2.05, 4.69) is 20.6 Å². The number of carbonyl (C=O) groups is 1. The predicted molar refractivity (Wildman–Crippen MR) is 105 cm³/mol. The molecule has 0 radical (unpaired) electrons.